The molecule has 1 aliphatic rings. The van der Waals surface area contributed by atoms with E-state index in [9.17, 15) is 0 Å². The number of aryl methyl sites for hydroxylation is 1. The molecule has 0 aliphatic heterocycles. The Morgan fingerprint density at radius 2 is 1.95 bits per heavy atom. The fourth-order valence-corrected chi connectivity index (χ4v) is 2.20. The van der Waals surface area contributed by atoms with E-state index in [1.807, 2.05) is 6.07 Å². The molecule has 0 aromatic carbocycles. The van der Waals surface area contributed by atoms with Gasteiger partial charge in [-0.1, -0.05) is 13.8 Å². The summed E-state index contributed by atoms with van der Waals surface area (Å²) in [4.78, 5) is 9.19. The minimum absolute atomic E-state index is 0.517. The van der Waals surface area contributed by atoms with E-state index in [0.29, 0.717) is 6.04 Å². The minimum Gasteiger partial charge on any atom is -0.370 e. The summed E-state index contributed by atoms with van der Waals surface area (Å²) in [5.41, 5.74) is 0. The van der Waals surface area contributed by atoms with Gasteiger partial charge in [-0.2, -0.15) is 0 Å². The Morgan fingerprint density at radius 1 is 1.21 bits per heavy atom. The fraction of sp³-hybridized carbons (Fsp3) is 0.733. The first-order chi connectivity index (χ1) is 9.22. The van der Waals surface area contributed by atoms with E-state index in [1.165, 1.54) is 12.8 Å². The number of aromatic nitrogens is 2. The highest BCUT2D eigenvalue weighted by Crippen LogP contribution is 2.33. The molecular weight excluding hydrogens is 236 g/mol. The van der Waals surface area contributed by atoms with Gasteiger partial charge >= 0.3 is 0 Å². The maximum atomic E-state index is 4.62. The summed E-state index contributed by atoms with van der Waals surface area (Å²) in [5, 5.41) is 6.89. The Morgan fingerprint density at radius 3 is 2.58 bits per heavy atom. The van der Waals surface area contributed by atoms with Crippen LogP contribution in [0.1, 0.15) is 52.3 Å². The maximum Gasteiger partial charge on any atom is 0.133 e. The molecule has 1 unspecified atom stereocenters. The van der Waals surface area contributed by atoms with Crippen LogP contribution >= 0.6 is 0 Å². The van der Waals surface area contributed by atoms with Crippen LogP contribution in [0.15, 0.2) is 6.07 Å². The summed E-state index contributed by atoms with van der Waals surface area (Å²) in [7, 11) is 0. The molecule has 0 bridgehead atoms. The van der Waals surface area contributed by atoms with Crippen molar-refractivity contribution in [1.29, 1.82) is 0 Å². The number of nitrogens with one attached hydrogen (secondary N) is 2. The van der Waals surface area contributed by atoms with Gasteiger partial charge in [-0.05, 0) is 38.5 Å². The predicted molar refractivity (Wildman–Crippen MR) is 80.6 cm³/mol. The Kier molecular flexibility index (Phi) is 5.00. The third kappa shape index (κ3) is 4.37. The third-order valence-corrected chi connectivity index (χ3v) is 3.51. The van der Waals surface area contributed by atoms with Gasteiger partial charge in [0.05, 0.1) is 0 Å². The molecule has 1 aromatic heterocycles. The SMILES string of the molecule is CCCNc1cc(NC(C)C2CC2)nc(CCC)n1. The topological polar surface area (TPSA) is 49.8 Å². The molecule has 0 radical (unpaired) electrons. The number of rotatable bonds is 8. The van der Waals surface area contributed by atoms with Crippen LogP contribution in [-0.4, -0.2) is 22.6 Å². The summed E-state index contributed by atoms with van der Waals surface area (Å²) < 4.78 is 0. The van der Waals surface area contributed by atoms with E-state index in [4.69, 9.17) is 0 Å². The lowest BCUT2D eigenvalue weighted by Crippen LogP contribution is -2.19. The van der Waals surface area contributed by atoms with E-state index in [1.54, 1.807) is 0 Å². The molecule has 4 heteroatoms. The zero-order chi connectivity index (χ0) is 13.7. The first kappa shape index (κ1) is 14.1. The van der Waals surface area contributed by atoms with Crippen molar-refractivity contribution < 1.29 is 0 Å². The molecular formula is C15H26N4. The van der Waals surface area contributed by atoms with Gasteiger partial charge in [0, 0.05) is 25.1 Å². The summed E-state index contributed by atoms with van der Waals surface area (Å²) >= 11 is 0. The van der Waals surface area contributed by atoms with Crippen molar-refractivity contribution in [2.75, 3.05) is 17.2 Å². The zero-order valence-corrected chi connectivity index (χ0v) is 12.4. The van der Waals surface area contributed by atoms with Gasteiger partial charge in [0.2, 0.25) is 0 Å². The standard InChI is InChI=1S/C15H26N4/c1-4-6-13-18-14(16-9-5-2)10-15(19-13)17-11(3)12-7-8-12/h10-12H,4-9H2,1-3H3,(H2,16,17,18,19). The second-order valence-electron chi connectivity index (χ2n) is 5.50. The molecule has 1 aromatic rings. The molecule has 1 aliphatic carbocycles. The first-order valence-corrected chi connectivity index (χ1v) is 7.61. The lowest BCUT2D eigenvalue weighted by Gasteiger charge is -2.15. The molecule has 0 amide bonds. The van der Waals surface area contributed by atoms with Crippen molar-refractivity contribution in [3.8, 4) is 0 Å². The molecule has 106 valence electrons. The Labute approximate surface area is 116 Å². The number of hydrogen-bond acceptors (Lipinski definition) is 4. The Bertz CT molecular complexity index is 401. The average Bonchev–Trinajstić information content (AvgIpc) is 3.20. The van der Waals surface area contributed by atoms with Crippen molar-refractivity contribution in [3.63, 3.8) is 0 Å². The van der Waals surface area contributed by atoms with E-state index < -0.39 is 0 Å². The van der Waals surface area contributed by atoms with E-state index in [0.717, 1.165) is 49.2 Å². The highest BCUT2D eigenvalue weighted by molar-refractivity contribution is 5.48. The molecule has 19 heavy (non-hydrogen) atoms. The van der Waals surface area contributed by atoms with Crippen LogP contribution in [-0.2, 0) is 6.42 Å². The van der Waals surface area contributed by atoms with E-state index >= 15 is 0 Å². The van der Waals surface area contributed by atoms with Gasteiger partial charge in [0.15, 0.2) is 0 Å². The molecule has 0 spiro atoms. The summed E-state index contributed by atoms with van der Waals surface area (Å²) in [6.07, 6.45) is 5.82. The molecule has 1 heterocycles. The van der Waals surface area contributed by atoms with Gasteiger partial charge in [-0.3, -0.25) is 0 Å². The van der Waals surface area contributed by atoms with Crippen molar-refractivity contribution in [3.05, 3.63) is 11.9 Å². The van der Waals surface area contributed by atoms with Crippen molar-refractivity contribution >= 4 is 11.6 Å². The Hall–Kier alpha value is -1.32. The third-order valence-electron chi connectivity index (χ3n) is 3.51. The van der Waals surface area contributed by atoms with Crippen LogP contribution in [0, 0.1) is 5.92 Å². The van der Waals surface area contributed by atoms with E-state index in [2.05, 4.69) is 41.4 Å². The number of anilines is 2. The minimum atomic E-state index is 0.517. The lowest BCUT2D eigenvalue weighted by atomic mass is 10.2. The van der Waals surface area contributed by atoms with Crippen LogP contribution in [0.2, 0.25) is 0 Å². The molecule has 2 rings (SSSR count). The van der Waals surface area contributed by atoms with E-state index in [-0.39, 0.29) is 0 Å². The normalized spacial score (nSPS) is 16.2. The lowest BCUT2D eigenvalue weighted by molar-refractivity contribution is 0.688. The van der Waals surface area contributed by atoms with Gasteiger partial charge in [0.25, 0.3) is 0 Å². The first-order valence-electron chi connectivity index (χ1n) is 7.61. The molecule has 1 saturated carbocycles. The van der Waals surface area contributed by atoms with Crippen molar-refractivity contribution in [1.82, 2.24) is 9.97 Å². The van der Waals surface area contributed by atoms with Crippen LogP contribution in [0.5, 0.6) is 0 Å². The number of hydrogen-bond donors (Lipinski definition) is 2. The maximum absolute atomic E-state index is 4.62. The second-order valence-corrected chi connectivity index (χ2v) is 5.50. The van der Waals surface area contributed by atoms with Crippen LogP contribution in [0.3, 0.4) is 0 Å². The second kappa shape index (κ2) is 6.73. The Balaban J connectivity index is 2.07. The smallest absolute Gasteiger partial charge is 0.133 e. The molecule has 2 N–H and O–H groups in total. The highest BCUT2D eigenvalue weighted by Gasteiger charge is 2.28. The van der Waals surface area contributed by atoms with Crippen molar-refractivity contribution in [2.24, 2.45) is 5.92 Å². The quantitative estimate of drug-likeness (QED) is 0.753. The molecule has 0 saturated heterocycles. The zero-order valence-electron chi connectivity index (χ0n) is 12.4. The fourth-order valence-electron chi connectivity index (χ4n) is 2.20. The molecule has 1 fully saturated rings. The van der Waals surface area contributed by atoms with Gasteiger partial charge < -0.3 is 10.6 Å². The average molecular weight is 262 g/mol. The van der Waals surface area contributed by atoms with Crippen molar-refractivity contribution in [2.45, 2.75) is 58.9 Å². The molecule has 4 nitrogen and oxygen atoms in total. The van der Waals surface area contributed by atoms with Crippen LogP contribution in [0.25, 0.3) is 0 Å². The van der Waals surface area contributed by atoms with Gasteiger partial charge in [0.1, 0.15) is 17.5 Å². The van der Waals surface area contributed by atoms with Crippen LogP contribution in [0.4, 0.5) is 11.6 Å². The van der Waals surface area contributed by atoms with Gasteiger partial charge in [-0.25, -0.2) is 9.97 Å². The predicted octanol–water partition coefficient (Wildman–Crippen LogP) is 3.46. The summed E-state index contributed by atoms with van der Waals surface area (Å²) in [5.74, 6) is 3.69. The monoisotopic (exact) mass is 262 g/mol. The van der Waals surface area contributed by atoms with Gasteiger partial charge in [-0.15, -0.1) is 0 Å². The number of nitrogens with zero attached hydrogens (tertiary/aromatic N) is 2. The molecule has 1 atom stereocenters. The summed E-state index contributed by atoms with van der Waals surface area (Å²) in [6.45, 7) is 7.53. The summed E-state index contributed by atoms with van der Waals surface area (Å²) in [6, 6.07) is 2.55. The van der Waals surface area contributed by atoms with Crippen LogP contribution < -0.4 is 10.6 Å². The largest absolute Gasteiger partial charge is 0.370 e. The highest BCUT2D eigenvalue weighted by atomic mass is 15.1.